The van der Waals surface area contributed by atoms with Crippen LogP contribution >= 0.6 is 0 Å². The molecule has 0 unspecified atom stereocenters. The molecule has 2 heterocycles. The van der Waals surface area contributed by atoms with Gasteiger partial charge in [0.2, 0.25) is 17.7 Å². The maximum absolute atomic E-state index is 14.7. The van der Waals surface area contributed by atoms with Crippen molar-refractivity contribution >= 4 is 29.5 Å². The lowest BCUT2D eigenvalue weighted by Crippen LogP contribution is -2.64. The van der Waals surface area contributed by atoms with Gasteiger partial charge in [0.15, 0.2) is 5.78 Å². The smallest absolute Gasteiger partial charge is 0.328 e. The van der Waals surface area contributed by atoms with Crippen molar-refractivity contribution in [2.45, 2.75) is 134 Å². The first-order valence-corrected chi connectivity index (χ1v) is 19.7. The Morgan fingerprint density at radius 3 is 2.07 bits per heavy atom. The Labute approximate surface area is 322 Å². The number of benzene rings is 1. The van der Waals surface area contributed by atoms with Gasteiger partial charge in [-0.2, -0.15) is 0 Å². The highest BCUT2D eigenvalue weighted by Gasteiger charge is 2.52. The SMILES string of the molecule is CC[C@H](C)[C@@H]([C@@H](CC(=O)[C@@]1([C@H](OC)[C@@H](C)C(=O)N[C@@H](Cc2ccccc2)C(=O)OC)CCCN1)OC)N(C)C(=O)[C@@H](NC(=O)[C@]1(C)CCCCN1)C(C)C. The molecule has 54 heavy (non-hydrogen) atoms. The number of nitrogens with one attached hydrogen (secondary N) is 4. The van der Waals surface area contributed by atoms with Crippen molar-refractivity contribution in [3.05, 3.63) is 35.9 Å². The van der Waals surface area contributed by atoms with Gasteiger partial charge in [-0.1, -0.05) is 71.4 Å². The molecule has 0 aliphatic carbocycles. The lowest BCUT2D eigenvalue weighted by molar-refractivity contribution is -0.149. The molecule has 1 aromatic carbocycles. The number of methoxy groups -OCH3 is 3. The fourth-order valence-corrected chi connectivity index (χ4v) is 8.24. The lowest BCUT2D eigenvalue weighted by atomic mass is 9.76. The summed E-state index contributed by atoms with van der Waals surface area (Å²) in [5.74, 6) is -2.74. The average molecular weight is 758 g/mol. The molecule has 3 amide bonds. The molecule has 0 radical (unpaired) electrons. The first-order valence-electron chi connectivity index (χ1n) is 19.7. The molecule has 2 saturated heterocycles. The highest BCUT2D eigenvalue weighted by Crippen LogP contribution is 2.34. The zero-order valence-corrected chi connectivity index (χ0v) is 34.3. The quantitative estimate of drug-likeness (QED) is 0.145. The highest BCUT2D eigenvalue weighted by molar-refractivity contribution is 5.93. The molecule has 0 saturated carbocycles. The van der Waals surface area contributed by atoms with Gasteiger partial charge in [-0.25, -0.2) is 4.79 Å². The molecule has 0 aromatic heterocycles. The summed E-state index contributed by atoms with van der Waals surface area (Å²) in [5.41, 5.74) is -1.11. The van der Waals surface area contributed by atoms with Crippen LogP contribution in [0.25, 0.3) is 0 Å². The Bertz CT molecular complexity index is 1390. The number of likely N-dealkylation sites (N-methyl/N-ethyl adjacent to an activating group) is 1. The third kappa shape index (κ3) is 10.7. The fourth-order valence-electron chi connectivity index (χ4n) is 8.24. The minimum absolute atomic E-state index is 0.0518. The van der Waals surface area contributed by atoms with Crippen molar-refractivity contribution in [3.63, 3.8) is 0 Å². The molecule has 13 nitrogen and oxygen atoms in total. The van der Waals surface area contributed by atoms with E-state index >= 15 is 0 Å². The largest absolute Gasteiger partial charge is 0.467 e. The van der Waals surface area contributed by atoms with Crippen molar-refractivity contribution in [2.75, 3.05) is 41.5 Å². The van der Waals surface area contributed by atoms with Crippen molar-refractivity contribution in [1.29, 1.82) is 0 Å². The van der Waals surface area contributed by atoms with Crippen LogP contribution in [0, 0.1) is 17.8 Å². The number of ether oxygens (including phenoxy) is 3. The lowest BCUT2D eigenvalue weighted by Gasteiger charge is -2.43. The van der Waals surface area contributed by atoms with Crippen LogP contribution in [0.3, 0.4) is 0 Å². The standard InChI is InChI=1S/C41H67N5O8/c1-11-27(4)34(46(7)37(49)33(26(2)3)45-39(51)40(6)20-15-16-22-42-40)31(52-8)25-32(47)41(21-17-23-43-41)35(53-9)28(5)36(48)44-30(38(50)54-10)24-29-18-13-12-14-19-29/h12-14,18-19,26-28,30-31,33-35,42-43H,11,15-17,20-25H2,1-10H3,(H,44,48)(H,45,51)/t27-,28+,30-,31+,33-,34-,35+,40-,41+/m0/s1. The molecule has 1 aromatic rings. The number of amides is 3. The van der Waals surface area contributed by atoms with E-state index in [1.165, 1.54) is 14.2 Å². The number of carbonyl (C=O) groups is 5. The van der Waals surface area contributed by atoms with E-state index in [0.29, 0.717) is 32.2 Å². The summed E-state index contributed by atoms with van der Waals surface area (Å²) >= 11 is 0. The summed E-state index contributed by atoms with van der Waals surface area (Å²) < 4.78 is 17.1. The van der Waals surface area contributed by atoms with Crippen LogP contribution in [-0.4, -0.2) is 117 Å². The topological polar surface area (TPSA) is 164 Å². The zero-order chi connectivity index (χ0) is 40.2. The third-order valence-corrected chi connectivity index (χ3v) is 11.8. The predicted molar refractivity (Wildman–Crippen MR) is 207 cm³/mol. The van der Waals surface area contributed by atoms with Gasteiger partial charge < -0.3 is 40.4 Å². The average Bonchev–Trinajstić information content (AvgIpc) is 3.67. The van der Waals surface area contributed by atoms with E-state index in [1.54, 1.807) is 26.0 Å². The molecule has 2 aliphatic heterocycles. The summed E-state index contributed by atoms with van der Waals surface area (Å²) in [5, 5.41) is 12.6. The van der Waals surface area contributed by atoms with E-state index in [-0.39, 0.29) is 42.3 Å². The molecule has 2 aliphatic rings. The van der Waals surface area contributed by atoms with Crippen molar-refractivity contribution < 1.29 is 38.2 Å². The minimum atomic E-state index is -1.22. The fraction of sp³-hybridized carbons (Fsp3) is 0.732. The Morgan fingerprint density at radius 1 is 0.889 bits per heavy atom. The van der Waals surface area contributed by atoms with E-state index < -0.39 is 59.2 Å². The molecular weight excluding hydrogens is 690 g/mol. The van der Waals surface area contributed by atoms with Gasteiger partial charge in [-0.3, -0.25) is 19.2 Å². The number of esters is 1. The Hall–Kier alpha value is -3.39. The zero-order valence-electron chi connectivity index (χ0n) is 34.3. The van der Waals surface area contributed by atoms with E-state index in [4.69, 9.17) is 14.2 Å². The van der Waals surface area contributed by atoms with E-state index in [0.717, 1.165) is 24.9 Å². The number of Topliss-reactive ketones (excluding diaryl/α,β-unsaturated/α-hetero) is 1. The second-order valence-corrected chi connectivity index (χ2v) is 15.9. The maximum atomic E-state index is 14.7. The van der Waals surface area contributed by atoms with Crippen LogP contribution in [0.1, 0.15) is 92.1 Å². The molecular formula is C41H67N5O8. The summed E-state index contributed by atoms with van der Waals surface area (Å²) in [6, 6.07) is 7.13. The van der Waals surface area contributed by atoms with Crippen LogP contribution in [0.2, 0.25) is 0 Å². The van der Waals surface area contributed by atoms with Crippen LogP contribution in [0.15, 0.2) is 30.3 Å². The van der Waals surface area contributed by atoms with Crippen molar-refractivity contribution in [2.24, 2.45) is 17.8 Å². The number of piperidine rings is 1. The molecule has 2 fully saturated rings. The number of rotatable bonds is 20. The van der Waals surface area contributed by atoms with E-state index in [9.17, 15) is 24.0 Å². The number of carbonyl (C=O) groups excluding carboxylic acids is 5. The predicted octanol–water partition coefficient (Wildman–Crippen LogP) is 3.18. The Morgan fingerprint density at radius 2 is 1.56 bits per heavy atom. The Balaban J connectivity index is 1.86. The van der Waals surface area contributed by atoms with Gasteiger partial charge in [-0.05, 0) is 69.5 Å². The van der Waals surface area contributed by atoms with Gasteiger partial charge in [0.1, 0.15) is 17.6 Å². The molecule has 4 N–H and O–H groups in total. The van der Waals surface area contributed by atoms with Gasteiger partial charge in [0.05, 0.1) is 36.8 Å². The first kappa shape index (κ1) is 45.0. The van der Waals surface area contributed by atoms with Gasteiger partial charge >= 0.3 is 5.97 Å². The molecule has 304 valence electrons. The van der Waals surface area contributed by atoms with Crippen LogP contribution < -0.4 is 21.3 Å². The summed E-state index contributed by atoms with van der Waals surface area (Å²) in [6.45, 7) is 12.8. The summed E-state index contributed by atoms with van der Waals surface area (Å²) in [4.78, 5) is 70.8. The van der Waals surface area contributed by atoms with E-state index in [2.05, 4.69) is 21.3 Å². The Kier molecular flexibility index (Phi) is 17.1. The van der Waals surface area contributed by atoms with Gasteiger partial charge in [-0.15, -0.1) is 0 Å². The number of nitrogens with zero attached hydrogens (tertiary/aromatic N) is 1. The maximum Gasteiger partial charge on any atom is 0.328 e. The van der Waals surface area contributed by atoms with Gasteiger partial charge in [0, 0.05) is 34.1 Å². The molecule has 3 rings (SSSR count). The number of hydrogen-bond donors (Lipinski definition) is 4. The van der Waals surface area contributed by atoms with Crippen LogP contribution in [0.4, 0.5) is 0 Å². The second kappa shape index (κ2) is 20.5. The molecule has 0 spiro atoms. The van der Waals surface area contributed by atoms with Crippen LogP contribution in [-0.2, 0) is 44.6 Å². The number of hydrogen-bond acceptors (Lipinski definition) is 10. The molecule has 0 bridgehead atoms. The summed E-state index contributed by atoms with van der Waals surface area (Å²) in [7, 11) is 6.03. The minimum Gasteiger partial charge on any atom is -0.467 e. The first-order chi connectivity index (χ1) is 25.6. The second-order valence-electron chi connectivity index (χ2n) is 15.9. The summed E-state index contributed by atoms with van der Waals surface area (Å²) in [6.07, 6.45) is 3.07. The van der Waals surface area contributed by atoms with Crippen molar-refractivity contribution in [1.82, 2.24) is 26.2 Å². The van der Waals surface area contributed by atoms with Crippen LogP contribution in [0.5, 0.6) is 0 Å². The number of ketones is 1. The van der Waals surface area contributed by atoms with Gasteiger partial charge in [0.25, 0.3) is 0 Å². The highest BCUT2D eigenvalue weighted by atomic mass is 16.5. The monoisotopic (exact) mass is 757 g/mol. The van der Waals surface area contributed by atoms with E-state index in [1.807, 2.05) is 65.0 Å². The van der Waals surface area contributed by atoms with Crippen molar-refractivity contribution in [3.8, 4) is 0 Å². The third-order valence-electron chi connectivity index (χ3n) is 11.8. The molecule has 13 heteroatoms. The molecule has 9 atom stereocenters. The normalized spacial score (nSPS) is 24.0.